The highest BCUT2D eigenvalue weighted by Crippen LogP contribution is 2.34. The van der Waals surface area contributed by atoms with Gasteiger partial charge in [-0.25, -0.2) is 13.2 Å². The minimum Gasteiger partial charge on any atom is -0.481 e. The molecule has 0 unspecified atom stereocenters. The lowest BCUT2D eigenvalue weighted by Crippen LogP contribution is -2.20. The summed E-state index contributed by atoms with van der Waals surface area (Å²) in [4.78, 5) is 10.1. The van der Waals surface area contributed by atoms with Crippen molar-refractivity contribution >= 4 is 17.6 Å². The van der Waals surface area contributed by atoms with E-state index in [1.54, 1.807) is 0 Å². The second-order valence-corrected chi connectivity index (χ2v) is 3.34. The Morgan fingerprint density at radius 2 is 2.07 bits per heavy atom. The molecule has 0 atom stereocenters. The van der Waals surface area contributed by atoms with Crippen LogP contribution in [0.2, 0.25) is 5.02 Å². The lowest BCUT2D eigenvalue weighted by Gasteiger charge is -2.15. The summed E-state index contributed by atoms with van der Waals surface area (Å²) in [6.45, 7) is 0. The molecule has 0 aliphatic heterocycles. The average Bonchev–Trinajstić information content (AvgIpc) is 2.06. The van der Waals surface area contributed by atoms with Gasteiger partial charge in [0.1, 0.15) is 12.2 Å². The molecule has 0 heterocycles. The first-order chi connectivity index (χ1) is 6.83. The summed E-state index contributed by atoms with van der Waals surface area (Å²) in [7, 11) is 0. The van der Waals surface area contributed by atoms with Gasteiger partial charge in [0, 0.05) is 5.02 Å². The third-order valence-electron chi connectivity index (χ3n) is 1.70. The Kier molecular flexibility index (Phi) is 3.24. The molecule has 0 radical (unpaired) electrons. The van der Waals surface area contributed by atoms with E-state index in [1.165, 1.54) is 0 Å². The van der Waals surface area contributed by atoms with Crippen molar-refractivity contribution in [3.8, 4) is 0 Å². The van der Waals surface area contributed by atoms with Gasteiger partial charge >= 0.3 is 5.97 Å². The molecular weight excluding hydrogens is 233 g/mol. The summed E-state index contributed by atoms with van der Waals surface area (Å²) in [6, 6.07) is 2.60. The van der Waals surface area contributed by atoms with Crippen LogP contribution < -0.4 is 0 Å². The van der Waals surface area contributed by atoms with Gasteiger partial charge in [-0.15, -0.1) is 0 Å². The number of hydrogen-bond donors (Lipinski definition) is 1. The summed E-state index contributed by atoms with van der Waals surface area (Å²) in [5.41, 5.74) is -1.00. The Hall–Kier alpha value is -1.23. The summed E-state index contributed by atoms with van der Waals surface area (Å²) in [5, 5.41) is 8.16. The molecule has 0 spiro atoms. The predicted molar refractivity (Wildman–Crippen MR) is 47.6 cm³/mol. The maximum atomic E-state index is 13.2. The maximum absolute atomic E-state index is 13.2. The number of carboxylic acids is 1. The van der Waals surface area contributed by atoms with Crippen molar-refractivity contribution in [3.63, 3.8) is 0 Å². The molecule has 0 saturated carbocycles. The summed E-state index contributed by atoms with van der Waals surface area (Å²) < 4.78 is 39.3. The summed E-state index contributed by atoms with van der Waals surface area (Å²) in [5.74, 6) is -6.65. The van der Waals surface area contributed by atoms with E-state index in [0.29, 0.717) is 0 Å². The number of aliphatic carboxylic acids is 1. The zero-order valence-electron chi connectivity index (χ0n) is 7.31. The molecule has 0 fully saturated rings. The lowest BCUT2D eigenvalue weighted by molar-refractivity contribution is -0.145. The van der Waals surface area contributed by atoms with Crippen LogP contribution in [0.4, 0.5) is 13.2 Å². The summed E-state index contributed by atoms with van der Waals surface area (Å²) >= 11 is 5.41. The molecule has 1 aromatic rings. The standard InChI is InChI=1S/C9H6ClF3O2/c10-5-1-2-7(11)6(3-5)9(12,13)4-8(14)15/h1-3H,4H2,(H,14,15). The van der Waals surface area contributed by atoms with E-state index in [4.69, 9.17) is 16.7 Å². The maximum Gasteiger partial charge on any atom is 0.309 e. The molecule has 6 heteroatoms. The van der Waals surface area contributed by atoms with Crippen LogP contribution in [-0.2, 0) is 10.7 Å². The van der Waals surface area contributed by atoms with Crippen LogP contribution in [0.3, 0.4) is 0 Å². The van der Waals surface area contributed by atoms with E-state index in [0.717, 1.165) is 18.2 Å². The van der Waals surface area contributed by atoms with Gasteiger partial charge in [0.05, 0.1) is 5.56 Å². The van der Waals surface area contributed by atoms with Gasteiger partial charge in [-0.2, -0.15) is 0 Å². The van der Waals surface area contributed by atoms with Crippen LogP contribution in [-0.4, -0.2) is 11.1 Å². The van der Waals surface area contributed by atoms with Crippen LogP contribution in [0.15, 0.2) is 18.2 Å². The number of carboxylic acid groups (broad SMARTS) is 1. The van der Waals surface area contributed by atoms with Crippen molar-refractivity contribution in [1.29, 1.82) is 0 Å². The van der Waals surface area contributed by atoms with E-state index in [1.807, 2.05) is 0 Å². The number of benzene rings is 1. The van der Waals surface area contributed by atoms with E-state index in [-0.39, 0.29) is 5.02 Å². The molecule has 15 heavy (non-hydrogen) atoms. The molecule has 0 saturated heterocycles. The van der Waals surface area contributed by atoms with Gasteiger partial charge < -0.3 is 5.11 Å². The molecule has 0 amide bonds. The highest BCUT2D eigenvalue weighted by Gasteiger charge is 2.37. The largest absolute Gasteiger partial charge is 0.481 e. The number of alkyl halides is 2. The highest BCUT2D eigenvalue weighted by molar-refractivity contribution is 6.30. The quantitative estimate of drug-likeness (QED) is 0.879. The van der Waals surface area contributed by atoms with E-state index in [9.17, 15) is 18.0 Å². The van der Waals surface area contributed by atoms with E-state index < -0.39 is 29.7 Å². The van der Waals surface area contributed by atoms with Crippen molar-refractivity contribution in [3.05, 3.63) is 34.6 Å². The Morgan fingerprint density at radius 3 is 2.60 bits per heavy atom. The Balaban J connectivity index is 3.13. The Morgan fingerprint density at radius 1 is 1.47 bits per heavy atom. The van der Waals surface area contributed by atoms with Gasteiger partial charge in [-0.1, -0.05) is 11.6 Å². The molecule has 0 aromatic heterocycles. The topological polar surface area (TPSA) is 37.3 Å². The molecule has 0 aliphatic rings. The number of carbonyl (C=O) groups is 1. The van der Waals surface area contributed by atoms with Gasteiger partial charge in [0.25, 0.3) is 5.92 Å². The Labute approximate surface area is 88.3 Å². The van der Waals surface area contributed by atoms with Crippen molar-refractivity contribution in [2.75, 3.05) is 0 Å². The van der Waals surface area contributed by atoms with Crippen LogP contribution >= 0.6 is 11.6 Å². The lowest BCUT2D eigenvalue weighted by atomic mass is 10.1. The van der Waals surface area contributed by atoms with Crippen LogP contribution in [0.1, 0.15) is 12.0 Å². The fraction of sp³-hybridized carbons (Fsp3) is 0.222. The molecule has 0 aliphatic carbocycles. The number of hydrogen-bond acceptors (Lipinski definition) is 1. The predicted octanol–water partition coefficient (Wildman–Crippen LogP) is 3.05. The normalized spacial score (nSPS) is 11.5. The first kappa shape index (κ1) is 11.8. The molecule has 1 N–H and O–H groups in total. The fourth-order valence-electron chi connectivity index (χ4n) is 1.06. The minimum absolute atomic E-state index is 0.0727. The SMILES string of the molecule is O=C(O)CC(F)(F)c1cc(Cl)ccc1F. The van der Waals surface area contributed by atoms with Crippen LogP contribution in [0, 0.1) is 5.82 Å². The van der Waals surface area contributed by atoms with Crippen molar-refractivity contribution in [2.45, 2.75) is 12.3 Å². The van der Waals surface area contributed by atoms with Crippen LogP contribution in [0.5, 0.6) is 0 Å². The fourth-order valence-corrected chi connectivity index (χ4v) is 1.24. The first-order valence-electron chi connectivity index (χ1n) is 3.88. The average molecular weight is 239 g/mol. The van der Waals surface area contributed by atoms with Gasteiger partial charge in [0.2, 0.25) is 0 Å². The molecule has 1 rings (SSSR count). The summed E-state index contributed by atoms with van der Waals surface area (Å²) in [6.07, 6.45) is -1.47. The number of halogens is 4. The molecule has 1 aromatic carbocycles. The molecule has 0 bridgehead atoms. The van der Waals surface area contributed by atoms with E-state index >= 15 is 0 Å². The minimum atomic E-state index is -3.76. The molecular formula is C9H6ClF3O2. The van der Waals surface area contributed by atoms with Crippen molar-refractivity contribution in [2.24, 2.45) is 0 Å². The zero-order chi connectivity index (χ0) is 11.6. The van der Waals surface area contributed by atoms with Crippen molar-refractivity contribution in [1.82, 2.24) is 0 Å². The second-order valence-electron chi connectivity index (χ2n) is 2.90. The van der Waals surface area contributed by atoms with Crippen molar-refractivity contribution < 1.29 is 23.1 Å². The van der Waals surface area contributed by atoms with Crippen LogP contribution in [0.25, 0.3) is 0 Å². The third-order valence-corrected chi connectivity index (χ3v) is 1.93. The van der Waals surface area contributed by atoms with E-state index in [2.05, 4.69) is 0 Å². The van der Waals surface area contributed by atoms with Gasteiger partial charge in [0.15, 0.2) is 0 Å². The number of rotatable bonds is 3. The second kappa shape index (κ2) is 4.10. The highest BCUT2D eigenvalue weighted by atomic mass is 35.5. The Bertz CT molecular complexity index is 393. The van der Waals surface area contributed by atoms with Gasteiger partial charge in [-0.3, -0.25) is 4.79 Å². The zero-order valence-corrected chi connectivity index (χ0v) is 8.06. The molecule has 2 nitrogen and oxygen atoms in total. The molecule has 82 valence electrons. The smallest absolute Gasteiger partial charge is 0.309 e. The third kappa shape index (κ3) is 2.86. The monoisotopic (exact) mass is 238 g/mol. The van der Waals surface area contributed by atoms with Gasteiger partial charge in [-0.05, 0) is 18.2 Å². The first-order valence-corrected chi connectivity index (χ1v) is 4.26.